The summed E-state index contributed by atoms with van der Waals surface area (Å²) in [6.07, 6.45) is 4.78. The number of hydrogen-bond donors (Lipinski definition) is 0. The Morgan fingerprint density at radius 3 is 2.81 bits per heavy atom. The van der Waals surface area contributed by atoms with Gasteiger partial charge < -0.3 is 9.47 Å². The Morgan fingerprint density at radius 2 is 2.19 bits per heavy atom. The maximum Gasteiger partial charge on any atom is 0.305 e. The minimum atomic E-state index is -0.333. The van der Waals surface area contributed by atoms with Crippen molar-refractivity contribution in [3.63, 3.8) is 0 Å². The van der Waals surface area contributed by atoms with E-state index in [4.69, 9.17) is 9.47 Å². The number of aromatic nitrogens is 3. The Kier molecular flexibility index (Phi) is 5.53. The van der Waals surface area contributed by atoms with Crippen LogP contribution in [0.1, 0.15) is 57.7 Å². The summed E-state index contributed by atoms with van der Waals surface area (Å²) in [6, 6.07) is 6.13. The van der Waals surface area contributed by atoms with Gasteiger partial charge >= 0.3 is 5.97 Å². The van der Waals surface area contributed by atoms with E-state index in [1.807, 2.05) is 13.0 Å². The monoisotopic (exact) mass is 371 g/mol. The molecule has 27 heavy (non-hydrogen) atoms. The Hall–Kier alpha value is -2.37. The molecule has 0 radical (unpaired) electrons. The molecule has 6 nitrogen and oxygen atoms in total. The van der Waals surface area contributed by atoms with Crippen molar-refractivity contribution >= 4 is 5.97 Å². The molecule has 6 heteroatoms. The van der Waals surface area contributed by atoms with Gasteiger partial charge in [0.1, 0.15) is 30.6 Å². The molecule has 2 heterocycles. The standard InChI is InChI=1S/C21H29N3O3/c1-6-19(25)27-20(21(3,4)5)17(24-13-22-12-23-24)11-16-10-15-9-14(2)7-8-18(15)26-16/h7-9,12-13,16-17,20H,6,10-11H2,1-5H3. The summed E-state index contributed by atoms with van der Waals surface area (Å²) in [5.74, 6) is 0.743. The van der Waals surface area contributed by atoms with Gasteiger partial charge in [-0.2, -0.15) is 5.10 Å². The molecule has 0 bridgehead atoms. The van der Waals surface area contributed by atoms with Crippen LogP contribution in [-0.2, 0) is 16.0 Å². The lowest BCUT2D eigenvalue weighted by atomic mass is 9.82. The van der Waals surface area contributed by atoms with E-state index >= 15 is 0 Å². The normalized spacial score (nSPS) is 18.5. The van der Waals surface area contributed by atoms with Gasteiger partial charge in [-0.25, -0.2) is 9.67 Å². The van der Waals surface area contributed by atoms with Gasteiger partial charge in [-0.15, -0.1) is 0 Å². The van der Waals surface area contributed by atoms with E-state index in [0.717, 1.165) is 12.2 Å². The van der Waals surface area contributed by atoms with Crippen LogP contribution in [0.4, 0.5) is 0 Å². The number of carbonyl (C=O) groups is 1. The van der Waals surface area contributed by atoms with Gasteiger partial charge in [0.05, 0.1) is 6.04 Å². The van der Waals surface area contributed by atoms with Crippen LogP contribution in [0.25, 0.3) is 0 Å². The molecule has 1 aliphatic rings. The first-order chi connectivity index (χ1) is 12.8. The zero-order valence-corrected chi connectivity index (χ0v) is 16.8. The van der Waals surface area contributed by atoms with E-state index in [9.17, 15) is 4.79 Å². The lowest BCUT2D eigenvalue weighted by Gasteiger charge is -2.37. The van der Waals surface area contributed by atoms with E-state index in [-0.39, 0.29) is 29.6 Å². The van der Waals surface area contributed by atoms with Crippen molar-refractivity contribution in [1.29, 1.82) is 0 Å². The van der Waals surface area contributed by atoms with Gasteiger partial charge in [-0.3, -0.25) is 4.79 Å². The van der Waals surface area contributed by atoms with E-state index in [2.05, 4.69) is 49.9 Å². The third-order valence-electron chi connectivity index (χ3n) is 4.99. The van der Waals surface area contributed by atoms with Gasteiger partial charge in [0.2, 0.25) is 0 Å². The van der Waals surface area contributed by atoms with Crippen LogP contribution in [0.15, 0.2) is 30.9 Å². The number of ether oxygens (including phenoxy) is 2. The van der Waals surface area contributed by atoms with E-state index in [0.29, 0.717) is 12.8 Å². The third kappa shape index (κ3) is 4.49. The van der Waals surface area contributed by atoms with Crippen molar-refractivity contribution in [1.82, 2.24) is 14.8 Å². The molecule has 2 aromatic rings. The minimum absolute atomic E-state index is 0.0150. The van der Waals surface area contributed by atoms with E-state index in [1.54, 1.807) is 11.0 Å². The molecule has 0 aliphatic carbocycles. The molecular weight excluding hydrogens is 342 g/mol. The summed E-state index contributed by atoms with van der Waals surface area (Å²) in [4.78, 5) is 16.2. The van der Waals surface area contributed by atoms with Gasteiger partial charge in [0, 0.05) is 24.7 Å². The molecule has 1 aromatic heterocycles. The molecule has 3 rings (SSSR count). The molecule has 0 saturated carbocycles. The summed E-state index contributed by atoms with van der Waals surface area (Å²) in [5.41, 5.74) is 2.22. The minimum Gasteiger partial charge on any atom is -0.490 e. The van der Waals surface area contributed by atoms with Crippen molar-refractivity contribution in [3.8, 4) is 5.75 Å². The second-order valence-corrected chi connectivity index (χ2v) is 8.36. The van der Waals surface area contributed by atoms with Crippen LogP contribution in [0.5, 0.6) is 5.75 Å². The van der Waals surface area contributed by atoms with Crippen LogP contribution >= 0.6 is 0 Å². The molecule has 3 atom stereocenters. The highest BCUT2D eigenvalue weighted by atomic mass is 16.5. The van der Waals surface area contributed by atoms with Crippen molar-refractivity contribution < 1.29 is 14.3 Å². The topological polar surface area (TPSA) is 66.2 Å². The number of rotatable bonds is 6. The Bertz CT molecular complexity index is 780. The second-order valence-electron chi connectivity index (χ2n) is 8.36. The Morgan fingerprint density at radius 1 is 1.41 bits per heavy atom. The van der Waals surface area contributed by atoms with Gasteiger partial charge in [0.15, 0.2) is 0 Å². The highest BCUT2D eigenvalue weighted by Gasteiger charge is 2.39. The fraction of sp³-hybridized carbons (Fsp3) is 0.571. The largest absolute Gasteiger partial charge is 0.490 e. The first-order valence-electron chi connectivity index (χ1n) is 9.57. The van der Waals surface area contributed by atoms with Gasteiger partial charge in [-0.05, 0) is 18.6 Å². The molecule has 1 aromatic carbocycles. The summed E-state index contributed by atoms with van der Waals surface area (Å²) in [5, 5.41) is 4.35. The molecule has 0 fully saturated rings. The molecule has 146 valence electrons. The number of nitrogens with zero attached hydrogens (tertiary/aromatic N) is 3. The molecule has 1 aliphatic heterocycles. The van der Waals surface area contributed by atoms with Crippen molar-refractivity contribution in [2.45, 2.75) is 72.1 Å². The zero-order chi connectivity index (χ0) is 19.6. The lowest BCUT2D eigenvalue weighted by Crippen LogP contribution is -2.41. The van der Waals surface area contributed by atoms with Crippen LogP contribution < -0.4 is 4.74 Å². The second kappa shape index (κ2) is 7.71. The number of hydrogen-bond acceptors (Lipinski definition) is 5. The molecule has 0 saturated heterocycles. The molecular formula is C21H29N3O3. The predicted octanol–water partition coefficient (Wildman–Crippen LogP) is 3.89. The molecule has 0 amide bonds. The van der Waals surface area contributed by atoms with Crippen LogP contribution in [0.2, 0.25) is 0 Å². The molecule has 0 spiro atoms. The van der Waals surface area contributed by atoms with Gasteiger partial charge in [-0.1, -0.05) is 45.4 Å². The summed E-state index contributed by atoms with van der Waals surface area (Å²) >= 11 is 0. The average molecular weight is 371 g/mol. The van der Waals surface area contributed by atoms with Crippen molar-refractivity contribution in [3.05, 3.63) is 42.0 Å². The first-order valence-corrected chi connectivity index (χ1v) is 9.57. The van der Waals surface area contributed by atoms with Crippen molar-refractivity contribution in [2.75, 3.05) is 0 Å². The van der Waals surface area contributed by atoms with E-state index < -0.39 is 0 Å². The quantitative estimate of drug-likeness (QED) is 0.721. The van der Waals surface area contributed by atoms with Crippen molar-refractivity contribution in [2.24, 2.45) is 5.41 Å². The smallest absolute Gasteiger partial charge is 0.305 e. The zero-order valence-electron chi connectivity index (χ0n) is 16.8. The summed E-state index contributed by atoms with van der Waals surface area (Å²) in [7, 11) is 0. The number of aryl methyl sites for hydroxylation is 1. The predicted molar refractivity (Wildman–Crippen MR) is 103 cm³/mol. The van der Waals surface area contributed by atoms with Crippen LogP contribution in [0, 0.1) is 12.3 Å². The SMILES string of the molecule is CCC(=O)OC(C(CC1Cc2cc(C)ccc2O1)n1cncn1)C(C)(C)C. The van der Waals surface area contributed by atoms with Crippen LogP contribution in [-0.4, -0.2) is 32.9 Å². The highest BCUT2D eigenvalue weighted by molar-refractivity contribution is 5.69. The van der Waals surface area contributed by atoms with E-state index in [1.165, 1.54) is 17.5 Å². The number of fused-ring (bicyclic) bond motifs is 1. The maximum atomic E-state index is 12.1. The Labute approximate surface area is 160 Å². The van der Waals surface area contributed by atoms with Gasteiger partial charge in [0.25, 0.3) is 0 Å². The molecule has 3 unspecified atom stereocenters. The third-order valence-corrected chi connectivity index (χ3v) is 4.99. The fourth-order valence-electron chi connectivity index (χ4n) is 3.67. The number of benzene rings is 1. The molecule has 0 N–H and O–H groups in total. The summed E-state index contributed by atoms with van der Waals surface area (Å²) in [6.45, 7) is 10.1. The summed E-state index contributed by atoms with van der Waals surface area (Å²) < 4.78 is 13.9. The lowest BCUT2D eigenvalue weighted by molar-refractivity contribution is -0.159. The average Bonchev–Trinajstić information content (AvgIpc) is 3.25. The highest BCUT2D eigenvalue weighted by Crippen LogP contribution is 2.38. The number of carbonyl (C=O) groups excluding carboxylic acids is 1. The first kappa shape index (κ1) is 19.4. The fourth-order valence-corrected chi connectivity index (χ4v) is 3.67. The maximum absolute atomic E-state index is 12.1. The number of esters is 1. The van der Waals surface area contributed by atoms with Crippen LogP contribution in [0.3, 0.4) is 0 Å². The Balaban J connectivity index is 1.85.